The number of hydrogen-bond donors (Lipinski definition) is 2. The number of carbonyl (C=O) groups excluding carboxylic acids is 2. The minimum Gasteiger partial charge on any atom is -0.332 e. The quantitative estimate of drug-likeness (QED) is 0.769. The van der Waals surface area contributed by atoms with Gasteiger partial charge in [0.05, 0.1) is 0 Å². The Balaban J connectivity index is 1.96. The second-order valence-electron chi connectivity index (χ2n) is 6.31. The van der Waals surface area contributed by atoms with E-state index in [1.54, 1.807) is 24.3 Å². The van der Waals surface area contributed by atoms with Crippen LogP contribution in [-0.2, 0) is 4.79 Å². The van der Waals surface area contributed by atoms with Crippen LogP contribution in [0.1, 0.15) is 42.7 Å². The lowest BCUT2D eigenvalue weighted by Crippen LogP contribution is -2.88. The minimum atomic E-state index is -0.0720. The second kappa shape index (κ2) is 8.41. The minimum absolute atomic E-state index is 0.0124. The van der Waals surface area contributed by atoms with E-state index in [1.807, 2.05) is 18.2 Å². The average molecular weight is 325 g/mol. The molecule has 0 aromatic heterocycles. The smallest absolute Gasteiger partial charge is 0.279 e. The maximum Gasteiger partial charge on any atom is 0.279 e. The van der Waals surface area contributed by atoms with Crippen molar-refractivity contribution in [3.63, 3.8) is 0 Å². The van der Waals surface area contributed by atoms with Gasteiger partial charge in [0.15, 0.2) is 12.3 Å². The van der Waals surface area contributed by atoms with Crippen molar-refractivity contribution in [2.24, 2.45) is 5.92 Å². The molecule has 24 heavy (non-hydrogen) atoms. The first-order chi connectivity index (χ1) is 11.5. The maximum atomic E-state index is 12.2. The van der Waals surface area contributed by atoms with Crippen LogP contribution < -0.4 is 10.6 Å². The van der Waals surface area contributed by atoms with Crippen LogP contribution in [0.5, 0.6) is 0 Å². The number of quaternary nitrogens is 1. The Morgan fingerprint density at radius 1 is 1.04 bits per heavy atom. The first-order valence-corrected chi connectivity index (χ1v) is 8.26. The summed E-state index contributed by atoms with van der Waals surface area (Å²) in [6.07, 6.45) is 0. The van der Waals surface area contributed by atoms with Gasteiger partial charge in [0.25, 0.3) is 5.91 Å². The van der Waals surface area contributed by atoms with Gasteiger partial charge in [-0.25, -0.2) is 0 Å². The van der Waals surface area contributed by atoms with Crippen molar-refractivity contribution in [1.82, 2.24) is 0 Å². The second-order valence-corrected chi connectivity index (χ2v) is 6.31. The van der Waals surface area contributed by atoms with Gasteiger partial charge in [0.2, 0.25) is 0 Å². The summed E-state index contributed by atoms with van der Waals surface area (Å²) in [7, 11) is 0. The van der Waals surface area contributed by atoms with Crippen LogP contribution in [0.4, 0.5) is 5.69 Å². The molecule has 0 radical (unpaired) electrons. The van der Waals surface area contributed by atoms with Gasteiger partial charge in [0, 0.05) is 22.7 Å². The van der Waals surface area contributed by atoms with E-state index in [2.05, 4.69) is 36.6 Å². The first-order valence-electron chi connectivity index (χ1n) is 8.26. The zero-order chi connectivity index (χ0) is 17.5. The number of rotatable bonds is 7. The molecule has 2 aromatic carbocycles. The van der Waals surface area contributed by atoms with Crippen LogP contribution in [0.2, 0.25) is 0 Å². The summed E-state index contributed by atoms with van der Waals surface area (Å²) >= 11 is 0. The molecule has 0 fully saturated rings. The largest absolute Gasteiger partial charge is 0.332 e. The number of benzene rings is 2. The number of ketones is 1. The van der Waals surface area contributed by atoms with Crippen molar-refractivity contribution in [2.45, 2.75) is 26.8 Å². The highest BCUT2D eigenvalue weighted by Crippen LogP contribution is 2.17. The molecule has 2 rings (SSSR count). The number of hydrogen-bond acceptors (Lipinski definition) is 2. The molecule has 0 saturated heterocycles. The summed E-state index contributed by atoms with van der Waals surface area (Å²) in [6, 6.07) is 17.5. The summed E-state index contributed by atoms with van der Waals surface area (Å²) < 4.78 is 0. The highest BCUT2D eigenvalue weighted by atomic mass is 16.2. The Hall–Kier alpha value is -2.46. The summed E-state index contributed by atoms with van der Waals surface area (Å²) in [6.45, 7) is 6.16. The van der Waals surface area contributed by atoms with Gasteiger partial charge < -0.3 is 10.6 Å². The van der Waals surface area contributed by atoms with Crippen molar-refractivity contribution in [2.75, 3.05) is 11.9 Å². The predicted octanol–water partition coefficient (Wildman–Crippen LogP) is 2.79. The van der Waals surface area contributed by atoms with Gasteiger partial charge in [-0.05, 0) is 19.1 Å². The Morgan fingerprint density at radius 3 is 2.38 bits per heavy atom. The molecule has 0 spiro atoms. The number of nitrogens with two attached hydrogens (primary N) is 1. The van der Waals surface area contributed by atoms with Gasteiger partial charge in [-0.1, -0.05) is 56.3 Å². The van der Waals surface area contributed by atoms with Crippen LogP contribution in [0, 0.1) is 5.92 Å². The predicted molar refractivity (Wildman–Crippen MR) is 95.9 cm³/mol. The summed E-state index contributed by atoms with van der Waals surface area (Å²) in [4.78, 5) is 23.6. The monoisotopic (exact) mass is 325 g/mol. The van der Waals surface area contributed by atoms with Crippen molar-refractivity contribution in [1.29, 1.82) is 0 Å². The van der Waals surface area contributed by atoms with Crippen molar-refractivity contribution < 1.29 is 14.9 Å². The standard InChI is InChI=1S/C20H24N2O2/c1-14(2)20(16-8-5-4-6-9-16)21-13-19(24)22-18-11-7-10-17(12-18)15(3)23/h4-12,14,20-21H,13H2,1-3H3,(H,22,24)/p+1/t20-/m0/s1. The fourth-order valence-electron chi connectivity index (χ4n) is 2.73. The lowest BCUT2D eigenvalue weighted by atomic mass is 9.96. The number of nitrogens with one attached hydrogen (secondary N) is 1. The molecule has 0 heterocycles. The van der Waals surface area contributed by atoms with Gasteiger partial charge in [-0.15, -0.1) is 0 Å². The van der Waals surface area contributed by atoms with E-state index in [0.717, 1.165) is 0 Å². The lowest BCUT2D eigenvalue weighted by molar-refractivity contribution is -0.692. The molecule has 0 unspecified atom stereocenters. The van der Waals surface area contributed by atoms with E-state index in [1.165, 1.54) is 12.5 Å². The van der Waals surface area contributed by atoms with E-state index in [9.17, 15) is 9.59 Å². The third-order valence-corrected chi connectivity index (χ3v) is 4.01. The van der Waals surface area contributed by atoms with Crippen LogP contribution in [-0.4, -0.2) is 18.2 Å². The molecule has 4 nitrogen and oxygen atoms in total. The Labute approximate surface area is 143 Å². The van der Waals surface area contributed by atoms with Crippen LogP contribution >= 0.6 is 0 Å². The highest BCUT2D eigenvalue weighted by Gasteiger charge is 2.20. The summed E-state index contributed by atoms with van der Waals surface area (Å²) in [5, 5.41) is 4.92. The van der Waals surface area contributed by atoms with Crippen molar-refractivity contribution in [3.05, 3.63) is 65.7 Å². The number of amides is 1. The van der Waals surface area contributed by atoms with E-state index in [0.29, 0.717) is 23.7 Å². The molecule has 0 bridgehead atoms. The van der Waals surface area contributed by atoms with Crippen molar-refractivity contribution >= 4 is 17.4 Å². The molecule has 0 aliphatic rings. The summed E-state index contributed by atoms with van der Waals surface area (Å²) in [5.74, 6) is 0.333. The Morgan fingerprint density at radius 2 is 1.75 bits per heavy atom. The molecule has 4 heteroatoms. The highest BCUT2D eigenvalue weighted by molar-refractivity contribution is 5.97. The molecule has 0 saturated carbocycles. The third-order valence-electron chi connectivity index (χ3n) is 4.01. The molecule has 2 aromatic rings. The zero-order valence-corrected chi connectivity index (χ0v) is 14.5. The molecule has 0 aliphatic carbocycles. The number of anilines is 1. The fraction of sp³-hybridized carbons (Fsp3) is 0.300. The summed E-state index contributed by atoms with van der Waals surface area (Å²) in [5.41, 5.74) is 2.47. The van der Waals surface area contributed by atoms with Crippen LogP contribution in [0.15, 0.2) is 54.6 Å². The van der Waals surface area contributed by atoms with Crippen LogP contribution in [0.25, 0.3) is 0 Å². The Kier molecular flexibility index (Phi) is 6.27. The number of carbonyl (C=O) groups is 2. The SMILES string of the molecule is CC(=O)c1cccc(NC(=O)C[NH2+][C@H](c2ccccc2)C(C)C)c1. The first kappa shape index (κ1) is 17.9. The molecule has 126 valence electrons. The van der Waals surface area contributed by atoms with Gasteiger partial charge >= 0.3 is 0 Å². The molecule has 1 atom stereocenters. The molecular weight excluding hydrogens is 300 g/mol. The van der Waals surface area contributed by atoms with Crippen molar-refractivity contribution in [3.8, 4) is 0 Å². The van der Waals surface area contributed by atoms with Gasteiger partial charge in [-0.3, -0.25) is 9.59 Å². The van der Waals surface area contributed by atoms with E-state index in [4.69, 9.17) is 0 Å². The molecule has 3 N–H and O–H groups in total. The number of Topliss-reactive ketones (excluding diaryl/α,β-unsaturated/α-hetero) is 1. The van der Waals surface area contributed by atoms with E-state index >= 15 is 0 Å². The average Bonchev–Trinajstić information content (AvgIpc) is 2.56. The van der Waals surface area contributed by atoms with E-state index < -0.39 is 0 Å². The fourth-order valence-corrected chi connectivity index (χ4v) is 2.73. The molecular formula is C20H25N2O2+. The van der Waals surface area contributed by atoms with Gasteiger partial charge in [-0.2, -0.15) is 0 Å². The third kappa shape index (κ3) is 5.03. The van der Waals surface area contributed by atoms with Gasteiger partial charge in [0.1, 0.15) is 6.04 Å². The normalized spacial score (nSPS) is 12.0. The molecule has 0 aliphatic heterocycles. The Bertz CT molecular complexity index is 696. The van der Waals surface area contributed by atoms with E-state index in [-0.39, 0.29) is 17.7 Å². The lowest BCUT2D eigenvalue weighted by Gasteiger charge is -2.19. The topological polar surface area (TPSA) is 62.8 Å². The maximum absolute atomic E-state index is 12.2. The zero-order valence-electron chi connectivity index (χ0n) is 14.5. The van der Waals surface area contributed by atoms with Crippen LogP contribution in [0.3, 0.4) is 0 Å². The molecule has 1 amide bonds.